The molecule has 0 spiro atoms. The first kappa shape index (κ1) is 20.1. The number of benzene rings is 2. The van der Waals surface area contributed by atoms with Gasteiger partial charge in [0.1, 0.15) is 6.54 Å². The third kappa shape index (κ3) is 5.13. The summed E-state index contributed by atoms with van der Waals surface area (Å²) in [4.78, 5) is 25.6. The highest BCUT2D eigenvalue weighted by atomic mass is 32.2. The second kappa shape index (κ2) is 8.93. The monoisotopic (exact) mass is 387 g/mol. The van der Waals surface area contributed by atoms with Crippen LogP contribution in [0.3, 0.4) is 0 Å². The highest BCUT2D eigenvalue weighted by Gasteiger charge is 2.19. The Kier molecular flexibility index (Phi) is 6.65. The Morgan fingerprint density at radius 1 is 1.15 bits per heavy atom. The number of hydrogen-bond acceptors (Lipinski definition) is 6. The average molecular weight is 387 g/mol. The first-order valence-electron chi connectivity index (χ1n) is 7.82. The number of hydrogen-bond donors (Lipinski definition) is 1. The summed E-state index contributed by atoms with van der Waals surface area (Å²) in [7, 11) is -2.45. The van der Waals surface area contributed by atoms with Crippen LogP contribution in [0.5, 0.6) is 0 Å². The Morgan fingerprint density at radius 3 is 2.48 bits per heavy atom. The summed E-state index contributed by atoms with van der Waals surface area (Å²) in [5.41, 5.74) is 0.493. The zero-order chi connectivity index (χ0) is 19.9. The van der Waals surface area contributed by atoms with E-state index in [1.54, 1.807) is 30.3 Å². The summed E-state index contributed by atoms with van der Waals surface area (Å²) >= 11 is 0. The molecule has 8 nitrogen and oxygen atoms in total. The fourth-order valence-corrected chi connectivity index (χ4v) is 2.97. The summed E-state index contributed by atoms with van der Waals surface area (Å²) in [5, 5.41) is 8.92. The van der Waals surface area contributed by atoms with Crippen LogP contribution in [-0.4, -0.2) is 40.5 Å². The van der Waals surface area contributed by atoms with Crippen molar-refractivity contribution in [2.24, 2.45) is 0 Å². The molecule has 0 aromatic heterocycles. The number of nitriles is 1. The molecule has 0 radical (unpaired) electrons. The number of rotatable bonds is 7. The Labute approximate surface area is 157 Å². The molecule has 0 aliphatic heterocycles. The van der Waals surface area contributed by atoms with Gasteiger partial charge in [0.05, 0.1) is 16.5 Å². The first-order valence-corrected chi connectivity index (χ1v) is 9.30. The molecule has 0 saturated heterocycles. The lowest BCUT2D eigenvalue weighted by Crippen LogP contribution is -2.35. The molecule has 9 heteroatoms. The standard InChI is InChI=1S/C18H17N3O5S/c1-20-27(24,25)16-9-5-6-14(12-16)18(23)26-13-17(22)21(11-10-19)15-7-3-2-4-8-15/h2-9,12,20H,11,13H2,1H3. The van der Waals surface area contributed by atoms with Gasteiger partial charge in [-0.05, 0) is 37.4 Å². The number of carbonyl (C=O) groups is 2. The minimum atomic E-state index is -3.71. The number of carbonyl (C=O) groups excluding carboxylic acids is 2. The number of esters is 1. The van der Waals surface area contributed by atoms with E-state index < -0.39 is 28.5 Å². The number of nitrogens with zero attached hydrogens (tertiary/aromatic N) is 2. The average Bonchev–Trinajstić information content (AvgIpc) is 2.70. The molecule has 0 atom stereocenters. The van der Waals surface area contributed by atoms with E-state index in [0.717, 1.165) is 6.07 Å². The first-order chi connectivity index (χ1) is 12.9. The second-order valence-corrected chi connectivity index (χ2v) is 7.17. The van der Waals surface area contributed by atoms with Crippen LogP contribution in [0, 0.1) is 11.3 Å². The van der Waals surface area contributed by atoms with Gasteiger partial charge in [0.15, 0.2) is 6.61 Å². The van der Waals surface area contributed by atoms with E-state index in [1.165, 1.54) is 30.1 Å². The quantitative estimate of drug-likeness (QED) is 0.565. The predicted octanol–water partition coefficient (Wildman–Crippen LogP) is 1.31. The zero-order valence-corrected chi connectivity index (χ0v) is 15.3. The second-order valence-electron chi connectivity index (χ2n) is 5.29. The lowest BCUT2D eigenvalue weighted by molar-refractivity contribution is -0.121. The maximum Gasteiger partial charge on any atom is 0.338 e. The number of ether oxygens (including phenoxy) is 1. The molecule has 140 valence electrons. The summed E-state index contributed by atoms with van der Waals surface area (Å²) in [6, 6.07) is 15.7. The lowest BCUT2D eigenvalue weighted by atomic mass is 10.2. The normalized spacial score (nSPS) is 10.7. The van der Waals surface area contributed by atoms with Crippen LogP contribution in [-0.2, 0) is 19.6 Å². The molecule has 0 unspecified atom stereocenters. The van der Waals surface area contributed by atoms with Crippen LogP contribution in [0.2, 0.25) is 0 Å². The van der Waals surface area contributed by atoms with E-state index in [4.69, 9.17) is 10.00 Å². The Morgan fingerprint density at radius 2 is 1.85 bits per heavy atom. The Hall–Kier alpha value is -3.22. The van der Waals surface area contributed by atoms with Crippen LogP contribution in [0.4, 0.5) is 5.69 Å². The molecule has 2 rings (SSSR count). The number of para-hydroxylation sites is 1. The van der Waals surface area contributed by atoms with Crippen molar-refractivity contribution in [3.8, 4) is 6.07 Å². The highest BCUT2D eigenvalue weighted by molar-refractivity contribution is 7.89. The number of amides is 1. The van der Waals surface area contributed by atoms with Crippen LogP contribution in [0.1, 0.15) is 10.4 Å². The van der Waals surface area contributed by atoms with Gasteiger partial charge in [0.2, 0.25) is 10.0 Å². The van der Waals surface area contributed by atoms with Crippen molar-refractivity contribution in [3.05, 3.63) is 60.2 Å². The molecule has 2 aromatic rings. The molecule has 0 heterocycles. The van der Waals surface area contributed by atoms with Crippen molar-refractivity contribution in [2.45, 2.75) is 4.90 Å². The molecule has 0 aliphatic rings. The maximum absolute atomic E-state index is 12.3. The summed E-state index contributed by atoms with van der Waals surface area (Å²) in [5.74, 6) is -1.42. The van der Waals surface area contributed by atoms with Crippen molar-refractivity contribution >= 4 is 27.6 Å². The molecule has 0 saturated carbocycles. The van der Waals surface area contributed by atoms with Crippen LogP contribution < -0.4 is 9.62 Å². The number of sulfonamides is 1. The highest BCUT2D eigenvalue weighted by Crippen LogP contribution is 2.14. The molecular weight excluding hydrogens is 370 g/mol. The van der Waals surface area contributed by atoms with Gasteiger partial charge in [-0.3, -0.25) is 9.69 Å². The Balaban J connectivity index is 2.09. The fraction of sp³-hybridized carbons (Fsp3) is 0.167. The van der Waals surface area contributed by atoms with Crippen LogP contribution >= 0.6 is 0 Å². The Bertz CT molecular complexity index is 968. The van der Waals surface area contributed by atoms with Gasteiger partial charge in [-0.1, -0.05) is 24.3 Å². The minimum Gasteiger partial charge on any atom is -0.452 e. The maximum atomic E-state index is 12.3. The summed E-state index contributed by atoms with van der Waals surface area (Å²) < 4.78 is 30.7. The van der Waals surface area contributed by atoms with Gasteiger partial charge in [0, 0.05) is 5.69 Å². The molecule has 1 amide bonds. The summed E-state index contributed by atoms with van der Waals surface area (Å²) in [6.45, 7) is -0.783. The van der Waals surface area contributed by atoms with Gasteiger partial charge in [-0.25, -0.2) is 17.9 Å². The van der Waals surface area contributed by atoms with E-state index in [-0.39, 0.29) is 17.0 Å². The van der Waals surface area contributed by atoms with Crippen molar-refractivity contribution < 1.29 is 22.7 Å². The zero-order valence-electron chi connectivity index (χ0n) is 14.5. The van der Waals surface area contributed by atoms with E-state index in [2.05, 4.69) is 4.72 Å². The number of anilines is 1. The smallest absolute Gasteiger partial charge is 0.338 e. The third-order valence-electron chi connectivity index (χ3n) is 3.57. The van der Waals surface area contributed by atoms with Crippen LogP contribution in [0.25, 0.3) is 0 Å². The van der Waals surface area contributed by atoms with Crippen molar-refractivity contribution in [1.82, 2.24) is 4.72 Å². The van der Waals surface area contributed by atoms with Crippen molar-refractivity contribution in [3.63, 3.8) is 0 Å². The summed E-state index contributed by atoms with van der Waals surface area (Å²) in [6.07, 6.45) is 0. The minimum absolute atomic E-state index is 0.00864. The van der Waals surface area contributed by atoms with E-state index >= 15 is 0 Å². The SMILES string of the molecule is CNS(=O)(=O)c1cccc(C(=O)OCC(=O)N(CC#N)c2ccccc2)c1. The molecule has 2 aromatic carbocycles. The third-order valence-corrected chi connectivity index (χ3v) is 4.99. The van der Waals surface area contributed by atoms with E-state index in [9.17, 15) is 18.0 Å². The molecule has 0 fully saturated rings. The van der Waals surface area contributed by atoms with Gasteiger partial charge in [-0.15, -0.1) is 0 Å². The lowest BCUT2D eigenvalue weighted by Gasteiger charge is -2.19. The molecule has 1 N–H and O–H groups in total. The van der Waals surface area contributed by atoms with Gasteiger partial charge in [0.25, 0.3) is 5.91 Å². The van der Waals surface area contributed by atoms with Gasteiger partial charge >= 0.3 is 5.97 Å². The largest absolute Gasteiger partial charge is 0.452 e. The molecule has 0 aliphatic carbocycles. The molecular formula is C18H17N3O5S. The van der Waals surface area contributed by atoms with E-state index in [0.29, 0.717) is 5.69 Å². The topological polar surface area (TPSA) is 117 Å². The van der Waals surface area contributed by atoms with Crippen molar-refractivity contribution in [1.29, 1.82) is 5.26 Å². The van der Waals surface area contributed by atoms with Crippen LogP contribution in [0.15, 0.2) is 59.5 Å². The number of nitrogens with one attached hydrogen (secondary N) is 1. The van der Waals surface area contributed by atoms with Gasteiger partial charge < -0.3 is 4.74 Å². The van der Waals surface area contributed by atoms with Crippen molar-refractivity contribution in [2.75, 3.05) is 25.1 Å². The van der Waals surface area contributed by atoms with Gasteiger partial charge in [-0.2, -0.15) is 5.26 Å². The fourth-order valence-electron chi connectivity index (χ4n) is 2.20. The molecule has 0 bridgehead atoms. The molecule has 27 heavy (non-hydrogen) atoms. The predicted molar refractivity (Wildman–Crippen MR) is 97.4 cm³/mol. The van der Waals surface area contributed by atoms with E-state index in [1.807, 2.05) is 6.07 Å².